The molecule has 0 bridgehead atoms. The van der Waals surface area contributed by atoms with E-state index in [-0.39, 0.29) is 6.10 Å². The van der Waals surface area contributed by atoms with E-state index < -0.39 is 0 Å². The van der Waals surface area contributed by atoms with Crippen LogP contribution >= 0.6 is 0 Å². The molecule has 2 aromatic carbocycles. The van der Waals surface area contributed by atoms with E-state index in [1.165, 1.54) is 43.3 Å². The summed E-state index contributed by atoms with van der Waals surface area (Å²) in [6.07, 6.45) is 8.09. The summed E-state index contributed by atoms with van der Waals surface area (Å²) in [5.74, 6) is 1.85. The maximum atomic E-state index is 6.27. The van der Waals surface area contributed by atoms with Gasteiger partial charge in [-0.25, -0.2) is 0 Å². The molecule has 1 aromatic heterocycles. The lowest BCUT2D eigenvalue weighted by atomic mass is 10.1. The standard InChI is InChI=1S/C25H32N2O2/c1-2-25(29-23-11-12-24-21(19-23)13-14-26-24)20-7-9-22(10-8-20)28-18-6-17-27-15-4-3-5-16-27/h7-14,19,25-26H,2-6,15-18H2,1H3. The number of H-pyrrole nitrogens is 1. The van der Waals surface area contributed by atoms with Crippen molar-refractivity contribution in [3.8, 4) is 11.5 Å². The third-order valence-corrected chi connectivity index (χ3v) is 5.76. The molecule has 0 saturated carbocycles. The zero-order chi connectivity index (χ0) is 19.9. The second-order valence-electron chi connectivity index (χ2n) is 7.91. The lowest BCUT2D eigenvalue weighted by Gasteiger charge is -2.26. The third-order valence-electron chi connectivity index (χ3n) is 5.76. The second kappa shape index (κ2) is 9.84. The molecule has 0 amide bonds. The van der Waals surface area contributed by atoms with E-state index in [4.69, 9.17) is 9.47 Å². The Hall–Kier alpha value is -2.46. The van der Waals surface area contributed by atoms with Gasteiger partial charge in [-0.1, -0.05) is 25.5 Å². The van der Waals surface area contributed by atoms with Crippen LogP contribution in [0.15, 0.2) is 54.7 Å². The molecule has 29 heavy (non-hydrogen) atoms. The number of aromatic nitrogens is 1. The molecule has 1 N–H and O–H groups in total. The van der Waals surface area contributed by atoms with Gasteiger partial charge in [0.2, 0.25) is 0 Å². The van der Waals surface area contributed by atoms with Gasteiger partial charge in [-0.15, -0.1) is 0 Å². The van der Waals surface area contributed by atoms with Crippen molar-refractivity contribution >= 4 is 10.9 Å². The van der Waals surface area contributed by atoms with Gasteiger partial charge in [0.15, 0.2) is 0 Å². The van der Waals surface area contributed by atoms with Crippen LogP contribution in [0, 0.1) is 0 Å². The minimum absolute atomic E-state index is 0.0412. The van der Waals surface area contributed by atoms with Gasteiger partial charge in [0.25, 0.3) is 0 Å². The summed E-state index contributed by atoms with van der Waals surface area (Å²) in [6, 6.07) is 16.6. The number of piperidine rings is 1. The van der Waals surface area contributed by atoms with E-state index in [1.54, 1.807) is 0 Å². The highest BCUT2D eigenvalue weighted by molar-refractivity contribution is 5.80. The lowest BCUT2D eigenvalue weighted by Crippen LogP contribution is -2.31. The second-order valence-corrected chi connectivity index (χ2v) is 7.91. The Morgan fingerprint density at radius 3 is 2.55 bits per heavy atom. The topological polar surface area (TPSA) is 37.5 Å². The molecular weight excluding hydrogens is 360 g/mol. The first-order chi connectivity index (χ1) is 14.3. The van der Waals surface area contributed by atoms with Gasteiger partial charge in [0.05, 0.1) is 6.61 Å². The van der Waals surface area contributed by atoms with Crippen LogP contribution in [-0.4, -0.2) is 36.1 Å². The molecule has 1 fully saturated rings. The predicted octanol–water partition coefficient (Wildman–Crippen LogP) is 5.95. The number of benzene rings is 2. The molecular formula is C25H32N2O2. The van der Waals surface area contributed by atoms with Crippen molar-refractivity contribution in [3.63, 3.8) is 0 Å². The van der Waals surface area contributed by atoms with Crippen molar-refractivity contribution < 1.29 is 9.47 Å². The summed E-state index contributed by atoms with van der Waals surface area (Å²) >= 11 is 0. The normalized spacial score (nSPS) is 16.0. The predicted molar refractivity (Wildman–Crippen MR) is 119 cm³/mol. The Bertz CT molecular complexity index is 881. The van der Waals surface area contributed by atoms with Gasteiger partial charge in [0.1, 0.15) is 17.6 Å². The van der Waals surface area contributed by atoms with Crippen LogP contribution in [0.2, 0.25) is 0 Å². The van der Waals surface area contributed by atoms with Crippen LogP contribution in [0.5, 0.6) is 11.5 Å². The van der Waals surface area contributed by atoms with Crippen molar-refractivity contribution in [2.24, 2.45) is 0 Å². The number of hydrogen-bond donors (Lipinski definition) is 1. The van der Waals surface area contributed by atoms with Gasteiger partial charge >= 0.3 is 0 Å². The fraction of sp³-hybridized carbons (Fsp3) is 0.440. The van der Waals surface area contributed by atoms with E-state index in [0.717, 1.165) is 43.0 Å². The Kier molecular flexibility index (Phi) is 6.73. The number of nitrogens with one attached hydrogen (secondary N) is 1. The van der Waals surface area contributed by atoms with E-state index in [1.807, 2.05) is 12.3 Å². The molecule has 1 aliphatic heterocycles. The smallest absolute Gasteiger partial charge is 0.123 e. The monoisotopic (exact) mass is 392 g/mol. The largest absolute Gasteiger partial charge is 0.494 e. The molecule has 4 rings (SSSR count). The summed E-state index contributed by atoms with van der Waals surface area (Å²) in [6.45, 7) is 6.59. The Balaban J connectivity index is 1.28. The molecule has 2 heterocycles. The van der Waals surface area contributed by atoms with Crippen molar-refractivity contribution in [3.05, 3.63) is 60.3 Å². The molecule has 1 saturated heterocycles. The maximum Gasteiger partial charge on any atom is 0.123 e. The summed E-state index contributed by atoms with van der Waals surface area (Å²) in [4.78, 5) is 5.78. The molecule has 1 aliphatic rings. The number of nitrogens with zero attached hydrogens (tertiary/aromatic N) is 1. The van der Waals surface area contributed by atoms with Gasteiger partial charge in [-0.3, -0.25) is 0 Å². The Labute approximate surface area is 173 Å². The molecule has 0 spiro atoms. The van der Waals surface area contributed by atoms with Gasteiger partial charge < -0.3 is 19.4 Å². The first-order valence-corrected chi connectivity index (χ1v) is 11.0. The SMILES string of the molecule is CCC(Oc1ccc2[nH]ccc2c1)c1ccc(OCCCN2CCCCC2)cc1. The molecule has 1 unspecified atom stereocenters. The van der Waals surface area contributed by atoms with Crippen LogP contribution in [0.4, 0.5) is 0 Å². The summed E-state index contributed by atoms with van der Waals surface area (Å²) in [5, 5.41) is 1.17. The van der Waals surface area contributed by atoms with Gasteiger partial charge in [-0.05, 0) is 80.7 Å². The molecule has 0 radical (unpaired) electrons. The third kappa shape index (κ3) is 5.33. The first-order valence-electron chi connectivity index (χ1n) is 11.0. The van der Waals surface area contributed by atoms with E-state index >= 15 is 0 Å². The highest BCUT2D eigenvalue weighted by Gasteiger charge is 2.12. The number of rotatable bonds is 9. The number of aromatic amines is 1. The number of likely N-dealkylation sites (tertiary alicyclic amines) is 1. The fourth-order valence-electron chi connectivity index (χ4n) is 4.10. The maximum absolute atomic E-state index is 6.27. The van der Waals surface area contributed by atoms with E-state index in [9.17, 15) is 0 Å². The first kappa shape index (κ1) is 19.8. The van der Waals surface area contributed by atoms with Crippen LogP contribution < -0.4 is 9.47 Å². The van der Waals surface area contributed by atoms with Gasteiger partial charge in [-0.2, -0.15) is 0 Å². The van der Waals surface area contributed by atoms with Crippen LogP contribution in [0.25, 0.3) is 10.9 Å². The minimum atomic E-state index is 0.0412. The molecule has 154 valence electrons. The van der Waals surface area contributed by atoms with Crippen molar-refractivity contribution in [2.45, 2.75) is 45.1 Å². The average Bonchev–Trinajstić information content (AvgIpc) is 3.24. The molecule has 0 aliphatic carbocycles. The number of fused-ring (bicyclic) bond motifs is 1. The summed E-state index contributed by atoms with van der Waals surface area (Å²) in [5.41, 5.74) is 2.31. The van der Waals surface area contributed by atoms with E-state index in [2.05, 4.69) is 59.3 Å². The number of hydrogen-bond acceptors (Lipinski definition) is 3. The molecule has 1 atom stereocenters. The number of ether oxygens (including phenoxy) is 2. The van der Waals surface area contributed by atoms with Crippen molar-refractivity contribution in [2.75, 3.05) is 26.2 Å². The Morgan fingerprint density at radius 2 is 1.76 bits per heavy atom. The van der Waals surface area contributed by atoms with Gasteiger partial charge in [0, 0.05) is 23.6 Å². The minimum Gasteiger partial charge on any atom is -0.494 e. The molecule has 3 aromatic rings. The van der Waals surface area contributed by atoms with Crippen LogP contribution in [-0.2, 0) is 0 Å². The summed E-state index contributed by atoms with van der Waals surface area (Å²) in [7, 11) is 0. The van der Waals surface area contributed by atoms with Crippen LogP contribution in [0.1, 0.15) is 50.7 Å². The summed E-state index contributed by atoms with van der Waals surface area (Å²) < 4.78 is 12.2. The van der Waals surface area contributed by atoms with Crippen LogP contribution in [0.3, 0.4) is 0 Å². The lowest BCUT2D eigenvalue weighted by molar-refractivity contribution is 0.200. The highest BCUT2D eigenvalue weighted by atomic mass is 16.5. The molecule has 4 nitrogen and oxygen atoms in total. The van der Waals surface area contributed by atoms with Crippen molar-refractivity contribution in [1.82, 2.24) is 9.88 Å². The quantitative estimate of drug-likeness (QED) is 0.457. The zero-order valence-corrected chi connectivity index (χ0v) is 17.4. The highest BCUT2D eigenvalue weighted by Crippen LogP contribution is 2.28. The van der Waals surface area contributed by atoms with Crippen molar-refractivity contribution in [1.29, 1.82) is 0 Å². The van der Waals surface area contributed by atoms with E-state index in [0.29, 0.717) is 0 Å². The fourth-order valence-corrected chi connectivity index (χ4v) is 4.10. The Morgan fingerprint density at radius 1 is 0.966 bits per heavy atom. The average molecular weight is 393 g/mol. The zero-order valence-electron chi connectivity index (χ0n) is 17.4. The molecule has 4 heteroatoms.